The van der Waals surface area contributed by atoms with Crippen LogP contribution in [-0.4, -0.2) is 35.9 Å². The van der Waals surface area contributed by atoms with Crippen LogP contribution in [0.5, 0.6) is 11.5 Å². The first-order chi connectivity index (χ1) is 27.9. The van der Waals surface area contributed by atoms with Gasteiger partial charge in [0.15, 0.2) is 23.1 Å². The molecule has 0 aromatic heterocycles. The smallest absolute Gasteiger partial charge is 0.331 e. The zero-order valence-electron chi connectivity index (χ0n) is 37.6. The molecule has 0 radical (unpaired) electrons. The number of benzene rings is 2. The van der Waals surface area contributed by atoms with Crippen LogP contribution in [0.1, 0.15) is 194 Å². The topological polar surface area (TPSA) is 54.0 Å². The van der Waals surface area contributed by atoms with E-state index in [1.807, 2.05) is 41.5 Å². The number of hydrogen-bond donors (Lipinski definition) is 0. The van der Waals surface area contributed by atoms with E-state index in [2.05, 4.69) is 29.8 Å². The van der Waals surface area contributed by atoms with Gasteiger partial charge in [0.05, 0.1) is 30.6 Å². The lowest BCUT2D eigenvalue weighted by atomic mass is 9.77. The molecule has 4 rings (SSSR count). The molecule has 5 nitrogen and oxygen atoms in total. The molecule has 0 heterocycles. The molecule has 2 aromatic rings. The number of ether oxygens (including phenoxy) is 2. The third-order valence-electron chi connectivity index (χ3n) is 11.4. The first kappa shape index (κ1) is 51.7. The monoisotopic (exact) mass is 918 g/mol. The average molecular weight is 920 g/mol. The minimum atomic E-state index is -3.39. The number of alkyl halides is 1. The van der Waals surface area contributed by atoms with Crippen molar-refractivity contribution in [2.45, 2.75) is 194 Å². The van der Waals surface area contributed by atoms with Crippen LogP contribution in [0.25, 0.3) is 0 Å². The second-order valence-electron chi connectivity index (χ2n) is 18.8. The van der Waals surface area contributed by atoms with Gasteiger partial charge in [-0.1, -0.05) is 93.3 Å². The van der Waals surface area contributed by atoms with Crippen LogP contribution in [0.4, 0.5) is 17.6 Å². The molecule has 2 aliphatic rings. The number of halogens is 5. The van der Waals surface area contributed by atoms with Crippen molar-refractivity contribution in [1.82, 2.24) is 0 Å². The van der Waals surface area contributed by atoms with Crippen LogP contribution in [0.15, 0.2) is 24.3 Å². The molecule has 11 heteroatoms. The van der Waals surface area contributed by atoms with Gasteiger partial charge in [-0.05, 0) is 153 Å². The fourth-order valence-corrected chi connectivity index (χ4v) is 11.1. The van der Waals surface area contributed by atoms with Crippen molar-refractivity contribution in [2.75, 3.05) is 24.7 Å². The van der Waals surface area contributed by atoms with E-state index in [0.717, 1.165) is 69.0 Å². The van der Waals surface area contributed by atoms with Gasteiger partial charge in [-0.3, -0.25) is 4.57 Å². The van der Waals surface area contributed by atoms with Crippen LogP contribution < -0.4 is 9.47 Å². The van der Waals surface area contributed by atoms with Crippen LogP contribution in [0.3, 0.4) is 0 Å². The molecule has 2 aromatic carbocycles. The molecule has 0 bridgehead atoms. The summed E-state index contributed by atoms with van der Waals surface area (Å²) in [7, 11) is -3.39. The normalized spacial score (nSPS) is 20.2. The molecule has 2 saturated carbocycles. The summed E-state index contributed by atoms with van der Waals surface area (Å²) in [6.07, 6.45) is 19.6. The lowest BCUT2D eigenvalue weighted by Crippen LogP contribution is -2.25. The Labute approximate surface area is 363 Å². The van der Waals surface area contributed by atoms with Crippen molar-refractivity contribution in [3.8, 4) is 11.5 Å². The molecule has 2 aliphatic carbocycles. The molecule has 0 amide bonds. The maximum Gasteiger partial charge on any atom is 0.331 e. The quantitative estimate of drug-likeness (QED) is 0.0540. The van der Waals surface area contributed by atoms with Gasteiger partial charge in [-0.15, -0.1) is 0 Å². The SMILES string of the molecule is CCCCCC1CCC(c2ccc(OCCCBr)c(F)c2F)CC1.CCCCCC1CCC(c2ccc(OCCCP(=O)(OC(C)(C)C)OC(C)(C)C)c(F)c2F)CC1. The Kier molecular flexibility index (Phi) is 22.4. The van der Waals surface area contributed by atoms with Crippen LogP contribution in [-0.2, 0) is 13.6 Å². The molecule has 0 saturated heterocycles. The Morgan fingerprint density at radius 2 is 0.966 bits per heavy atom. The van der Waals surface area contributed by atoms with E-state index in [1.54, 1.807) is 18.2 Å². The molecule has 0 N–H and O–H groups in total. The van der Waals surface area contributed by atoms with Crippen molar-refractivity contribution < 1.29 is 40.6 Å². The van der Waals surface area contributed by atoms with Gasteiger partial charge in [0.2, 0.25) is 11.6 Å². The molecule has 0 unspecified atom stereocenters. The fraction of sp³-hybridized carbons (Fsp3) is 0.750. The third kappa shape index (κ3) is 18.3. The van der Waals surface area contributed by atoms with Crippen molar-refractivity contribution in [2.24, 2.45) is 11.8 Å². The Bertz CT molecular complexity index is 1540. The average Bonchev–Trinajstić information content (AvgIpc) is 3.16. The second-order valence-corrected chi connectivity index (χ2v) is 21.7. The molecular formula is C48H76BrF4O5P. The minimum Gasteiger partial charge on any atom is -0.490 e. The summed E-state index contributed by atoms with van der Waals surface area (Å²) in [6.45, 7) is 15.8. The third-order valence-corrected chi connectivity index (χ3v) is 14.4. The molecule has 2 fully saturated rings. The zero-order valence-corrected chi connectivity index (χ0v) is 40.0. The van der Waals surface area contributed by atoms with E-state index in [1.165, 1.54) is 57.4 Å². The summed E-state index contributed by atoms with van der Waals surface area (Å²) in [5.41, 5.74) is -0.279. The molecule has 0 atom stereocenters. The summed E-state index contributed by atoms with van der Waals surface area (Å²) in [5, 5.41) is 0.788. The Balaban J connectivity index is 0.000000338. The molecule has 59 heavy (non-hydrogen) atoms. The van der Waals surface area contributed by atoms with E-state index in [4.69, 9.17) is 18.5 Å². The Morgan fingerprint density at radius 3 is 1.32 bits per heavy atom. The van der Waals surface area contributed by atoms with Crippen LogP contribution >= 0.6 is 23.5 Å². The second kappa shape index (κ2) is 25.5. The molecular weight excluding hydrogens is 843 g/mol. The fourth-order valence-electron chi connectivity index (χ4n) is 8.46. The highest BCUT2D eigenvalue weighted by atomic mass is 79.9. The predicted octanol–water partition coefficient (Wildman–Crippen LogP) is 16.4. The highest BCUT2D eigenvalue weighted by Crippen LogP contribution is 2.55. The predicted molar refractivity (Wildman–Crippen MR) is 239 cm³/mol. The van der Waals surface area contributed by atoms with Crippen molar-refractivity contribution in [3.05, 3.63) is 58.7 Å². The van der Waals surface area contributed by atoms with Gasteiger partial charge in [0, 0.05) is 5.33 Å². The van der Waals surface area contributed by atoms with Gasteiger partial charge in [-0.25, -0.2) is 8.78 Å². The standard InChI is InChI=1S/C28H47F2O4P.C20H29BrF2O/c1-8-9-10-12-21-13-15-22(16-14-21)23-17-18-24(26(30)25(23)29)32-19-11-20-35(31,33-27(2,3)4)34-28(5,6)7;1-2-3-4-6-15-7-9-16(10-8-15)17-11-12-18(20(23)19(17)22)24-14-5-13-21/h17-18,21-22H,8-16,19-20H2,1-7H3;11-12,15-16H,2-10,13-14H2,1H3. The van der Waals surface area contributed by atoms with Gasteiger partial charge < -0.3 is 18.5 Å². The van der Waals surface area contributed by atoms with Crippen molar-refractivity contribution >= 4 is 23.5 Å². The Morgan fingerprint density at radius 1 is 0.576 bits per heavy atom. The van der Waals surface area contributed by atoms with E-state index >= 15 is 0 Å². The van der Waals surface area contributed by atoms with Crippen LogP contribution in [0, 0.1) is 35.1 Å². The van der Waals surface area contributed by atoms with E-state index in [0.29, 0.717) is 30.1 Å². The van der Waals surface area contributed by atoms with E-state index < -0.39 is 42.1 Å². The summed E-state index contributed by atoms with van der Waals surface area (Å²) in [4.78, 5) is 0. The van der Waals surface area contributed by atoms with Gasteiger partial charge in [0.1, 0.15) is 0 Å². The minimum absolute atomic E-state index is 0.0328. The molecule has 338 valence electrons. The highest BCUT2D eigenvalue weighted by Gasteiger charge is 2.35. The van der Waals surface area contributed by atoms with Gasteiger partial charge >= 0.3 is 7.60 Å². The Hall–Kier alpha value is -1.61. The maximum atomic E-state index is 14.9. The summed E-state index contributed by atoms with van der Waals surface area (Å²) in [5.74, 6) is -1.64. The van der Waals surface area contributed by atoms with Gasteiger partial charge in [0.25, 0.3) is 0 Å². The maximum absolute atomic E-state index is 14.9. The zero-order chi connectivity index (χ0) is 43.6. The van der Waals surface area contributed by atoms with Crippen molar-refractivity contribution in [3.63, 3.8) is 0 Å². The summed E-state index contributed by atoms with van der Waals surface area (Å²) < 4.78 is 94.0. The first-order valence-corrected chi connectivity index (χ1v) is 25.5. The number of hydrogen-bond acceptors (Lipinski definition) is 5. The summed E-state index contributed by atoms with van der Waals surface area (Å²) >= 11 is 3.30. The largest absolute Gasteiger partial charge is 0.490 e. The molecule has 0 spiro atoms. The summed E-state index contributed by atoms with van der Waals surface area (Å²) in [6, 6.07) is 6.52. The van der Waals surface area contributed by atoms with Crippen LogP contribution in [0.2, 0.25) is 0 Å². The highest BCUT2D eigenvalue weighted by molar-refractivity contribution is 9.09. The molecule has 0 aliphatic heterocycles. The number of rotatable bonds is 21. The lowest BCUT2D eigenvalue weighted by molar-refractivity contribution is 0.0487. The van der Waals surface area contributed by atoms with E-state index in [9.17, 15) is 22.1 Å². The first-order valence-electron chi connectivity index (χ1n) is 22.7. The lowest BCUT2D eigenvalue weighted by Gasteiger charge is -2.32. The van der Waals surface area contributed by atoms with Crippen molar-refractivity contribution in [1.29, 1.82) is 0 Å². The number of unbranched alkanes of at least 4 members (excludes halogenated alkanes) is 4. The van der Waals surface area contributed by atoms with E-state index in [-0.39, 0.29) is 36.1 Å². The van der Waals surface area contributed by atoms with Gasteiger partial charge in [-0.2, -0.15) is 8.78 Å².